The number of hydrogen-bond acceptors (Lipinski definition) is 3. The van der Waals surface area contributed by atoms with Gasteiger partial charge < -0.3 is 15.8 Å². The van der Waals surface area contributed by atoms with Gasteiger partial charge in [-0.2, -0.15) is 5.10 Å². The number of aliphatic imine (C=N–C) groups is 1. The fraction of sp³-hybridized carbons (Fsp3) is 0.692. The molecule has 1 aromatic heterocycles. The third-order valence-electron chi connectivity index (χ3n) is 3.60. The van der Waals surface area contributed by atoms with E-state index in [1.807, 2.05) is 14.0 Å². The lowest BCUT2D eigenvalue weighted by atomic mass is 10.2. The van der Waals surface area contributed by atoms with Gasteiger partial charge in [-0.3, -0.25) is 0 Å². The summed E-state index contributed by atoms with van der Waals surface area (Å²) in [5.41, 5.74) is 7.84. The highest BCUT2D eigenvalue weighted by atomic mass is 16.5. The number of guanidine groups is 1. The highest BCUT2D eigenvalue weighted by Crippen LogP contribution is 2.21. The molecule has 6 nitrogen and oxygen atoms in total. The van der Waals surface area contributed by atoms with E-state index in [2.05, 4.69) is 15.4 Å². The van der Waals surface area contributed by atoms with Crippen molar-refractivity contribution in [2.75, 3.05) is 7.11 Å². The number of aryl methyl sites for hydroxylation is 2. The fourth-order valence-corrected chi connectivity index (χ4v) is 2.61. The van der Waals surface area contributed by atoms with Crippen molar-refractivity contribution in [1.29, 1.82) is 0 Å². The SMILES string of the molecule is COc1c(CN=C(N)NC2CCCC2)c(C)nn1C. The molecule has 1 heterocycles. The largest absolute Gasteiger partial charge is 0.481 e. The smallest absolute Gasteiger partial charge is 0.216 e. The summed E-state index contributed by atoms with van der Waals surface area (Å²) in [5, 5.41) is 7.60. The summed E-state index contributed by atoms with van der Waals surface area (Å²) < 4.78 is 7.06. The normalized spacial score (nSPS) is 16.9. The number of rotatable bonds is 4. The summed E-state index contributed by atoms with van der Waals surface area (Å²) in [6.07, 6.45) is 4.93. The molecule has 3 N–H and O–H groups in total. The van der Waals surface area contributed by atoms with Crippen molar-refractivity contribution in [2.45, 2.75) is 45.2 Å². The summed E-state index contributed by atoms with van der Waals surface area (Å²) in [7, 11) is 3.50. The topological polar surface area (TPSA) is 77.5 Å². The van der Waals surface area contributed by atoms with Gasteiger partial charge in [-0.1, -0.05) is 12.8 Å². The maximum absolute atomic E-state index is 5.92. The summed E-state index contributed by atoms with van der Waals surface area (Å²) in [4.78, 5) is 4.39. The summed E-state index contributed by atoms with van der Waals surface area (Å²) >= 11 is 0. The van der Waals surface area contributed by atoms with Gasteiger partial charge in [0.05, 0.1) is 24.9 Å². The summed E-state index contributed by atoms with van der Waals surface area (Å²) in [5.74, 6) is 1.26. The second-order valence-corrected chi connectivity index (χ2v) is 5.02. The van der Waals surface area contributed by atoms with Crippen LogP contribution in [-0.2, 0) is 13.6 Å². The maximum Gasteiger partial charge on any atom is 0.216 e. The monoisotopic (exact) mass is 265 g/mol. The van der Waals surface area contributed by atoms with E-state index in [0.29, 0.717) is 18.5 Å². The van der Waals surface area contributed by atoms with E-state index >= 15 is 0 Å². The lowest BCUT2D eigenvalue weighted by Gasteiger charge is -2.12. The highest BCUT2D eigenvalue weighted by molar-refractivity contribution is 5.78. The standard InChI is InChI=1S/C13H23N5O/c1-9-11(12(19-3)18(2)17-9)8-15-13(14)16-10-6-4-5-7-10/h10H,4-8H2,1-3H3,(H3,14,15,16). The number of nitrogens with zero attached hydrogens (tertiary/aromatic N) is 3. The van der Waals surface area contributed by atoms with Crippen LogP contribution in [0.4, 0.5) is 0 Å². The molecule has 1 saturated carbocycles. The molecule has 106 valence electrons. The minimum Gasteiger partial charge on any atom is -0.481 e. The number of aromatic nitrogens is 2. The fourth-order valence-electron chi connectivity index (χ4n) is 2.61. The van der Waals surface area contributed by atoms with Gasteiger partial charge in [0.1, 0.15) is 0 Å². The van der Waals surface area contributed by atoms with Crippen LogP contribution < -0.4 is 15.8 Å². The Bertz CT molecular complexity index is 460. The third-order valence-corrected chi connectivity index (χ3v) is 3.60. The first-order chi connectivity index (χ1) is 9.11. The van der Waals surface area contributed by atoms with E-state index in [4.69, 9.17) is 10.5 Å². The second-order valence-electron chi connectivity index (χ2n) is 5.02. The van der Waals surface area contributed by atoms with Crippen molar-refractivity contribution in [1.82, 2.24) is 15.1 Å². The Labute approximate surface area is 114 Å². The molecule has 1 aliphatic rings. The van der Waals surface area contributed by atoms with E-state index in [1.54, 1.807) is 11.8 Å². The molecule has 0 aromatic carbocycles. The molecule has 0 amide bonds. The molecular weight excluding hydrogens is 242 g/mol. The first kappa shape index (κ1) is 13.7. The third kappa shape index (κ3) is 3.19. The lowest BCUT2D eigenvalue weighted by molar-refractivity contribution is 0.369. The molecule has 0 unspecified atom stereocenters. The Balaban J connectivity index is 2.00. The number of ether oxygens (including phenoxy) is 1. The van der Waals surface area contributed by atoms with Gasteiger partial charge in [-0.25, -0.2) is 9.67 Å². The first-order valence-electron chi connectivity index (χ1n) is 6.74. The lowest BCUT2D eigenvalue weighted by Crippen LogP contribution is -2.38. The zero-order valence-electron chi connectivity index (χ0n) is 11.9. The van der Waals surface area contributed by atoms with Crippen molar-refractivity contribution in [3.8, 4) is 5.88 Å². The van der Waals surface area contributed by atoms with Crippen LogP contribution >= 0.6 is 0 Å². The van der Waals surface area contributed by atoms with E-state index in [0.717, 1.165) is 17.1 Å². The van der Waals surface area contributed by atoms with Crippen LogP contribution in [0.25, 0.3) is 0 Å². The Morgan fingerprint density at radius 1 is 1.53 bits per heavy atom. The molecular formula is C13H23N5O. The zero-order chi connectivity index (χ0) is 13.8. The maximum atomic E-state index is 5.92. The molecule has 0 bridgehead atoms. The molecule has 0 aliphatic heterocycles. The van der Waals surface area contributed by atoms with Gasteiger partial charge in [0.15, 0.2) is 5.96 Å². The molecule has 1 aromatic rings. The molecule has 1 aliphatic carbocycles. The van der Waals surface area contributed by atoms with Gasteiger partial charge in [0, 0.05) is 13.1 Å². The van der Waals surface area contributed by atoms with Crippen LogP contribution in [-0.4, -0.2) is 28.9 Å². The van der Waals surface area contributed by atoms with Gasteiger partial charge in [0.25, 0.3) is 0 Å². The minimum atomic E-state index is 0.487. The quantitative estimate of drug-likeness (QED) is 0.631. The number of methoxy groups -OCH3 is 1. The van der Waals surface area contributed by atoms with Crippen molar-refractivity contribution in [3.05, 3.63) is 11.3 Å². The van der Waals surface area contributed by atoms with Crippen molar-refractivity contribution in [2.24, 2.45) is 17.8 Å². The van der Waals surface area contributed by atoms with E-state index in [9.17, 15) is 0 Å². The molecule has 0 saturated heterocycles. The number of hydrogen-bond donors (Lipinski definition) is 2. The van der Waals surface area contributed by atoms with E-state index < -0.39 is 0 Å². The van der Waals surface area contributed by atoms with E-state index in [-0.39, 0.29) is 0 Å². The Kier molecular flexibility index (Phi) is 4.29. The number of nitrogens with two attached hydrogens (primary N) is 1. The van der Waals surface area contributed by atoms with Gasteiger partial charge in [-0.15, -0.1) is 0 Å². The molecule has 1 fully saturated rings. The molecule has 0 radical (unpaired) electrons. The summed E-state index contributed by atoms with van der Waals surface area (Å²) in [6, 6.07) is 0.487. The number of nitrogens with one attached hydrogen (secondary N) is 1. The highest BCUT2D eigenvalue weighted by Gasteiger charge is 2.16. The Hall–Kier alpha value is -1.72. The predicted octanol–water partition coefficient (Wildman–Crippen LogP) is 1.08. The molecule has 6 heteroatoms. The molecule has 0 spiro atoms. The van der Waals surface area contributed by atoms with Crippen LogP contribution in [0.2, 0.25) is 0 Å². The molecule has 2 rings (SSSR count). The van der Waals surface area contributed by atoms with Crippen LogP contribution in [0.5, 0.6) is 5.88 Å². The average Bonchev–Trinajstić information content (AvgIpc) is 2.94. The van der Waals surface area contributed by atoms with Crippen molar-refractivity contribution >= 4 is 5.96 Å². The first-order valence-corrected chi connectivity index (χ1v) is 6.74. The Morgan fingerprint density at radius 2 is 2.21 bits per heavy atom. The van der Waals surface area contributed by atoms with Crippen LogP contribution in [0.1, 0.15) is 36.9 Å². The Morgan fingerprint density at radius 3 is 2.84 bits per heavy atom. The second kappa shape index (κ2) is 5.95. The van der Waals surface area contributed by atoms with Gasteiger partial charge >= 0.3 is 0 Å². The van der Waals surface area contributed by atoms with Crippen molar-refractivity contribution < 1.29 is 4.74 Å². The van der Waals surface area contributed by atoms with Crippen LogP contribution in [0.15, 0.2) is 4.99 Å². The predicted molar refractivity (Wildman–Crippen MR) is 75.2 cm³/mol. The van der Waals surface area contributed by atoms with Crippen molar-refractivity contribution in [3.63, 3.8) is 0 Å². The van der Waals surface area contributed by atoms with Crippen LogP contribution in [0, 0.1) is 6.92 Å². The minimum absolute atomic E-state index is 0.487. The van der Waals surface area contributed by atoms with Crippen LogP contribution in [0.3, 0.4) is 0 Å². The average molecular weight is 265 g/mol. The zero-order valence-corrected chi connectivity index (χ0v) is 11.9. The molecule has 0 atom stereocenters. The summed E-state index contributed by atoms with van der Waals surface area (Å²) in [6.45, 7) is 2.45. The van der Waals surface area contributed by atoms with E-state index in [1.165, 1.54) is 25.7 Å². The van der Waals surface area contributed by atoms with Gasteiger partial charge in [-0.05, 0) is 19.8 Å². The van der Waals surface area contributed by atoms with Gasteiger partial charge in [0.2, 0.25) is 5.88 Å². The molecule has 19 heavy (non-hydrogen) atoms.